The summed E-state index contributed by atoms with van der Waals surface area (Å²) in [6, 6.07) is 13.9. The third-order valence-electron chi connectivity index (χ3n) is 5.32. The first-order chi connectivity index (χ1) is 13.7. The van der Waals surface area contributed by atoms with Gasteiger partial charge in [0.15, 0.2) is 0 Å². The molecule has 0 unspecified atom stereocenters. The molecule has 3 N–H and O–H groups in total. The Hall–Kier alpha value is -2.99. The van der Waals surface area contributed by atoms with Crippen molar-refractivity contribution in [2.75, 3.05) is 25.4 Å². The molecule has 1 aliphatic rings. The predicted molar refractivity (Wildman–Crippen MR) is 111 cm³/mol. The molecule has 0 spiro atoms. The van der Waals surface area contributed by atoms with Gasteiger partial charge >= 0.3 is 0 Å². The molecular formula is C22H25N5O. The molecule has 2 aromatic carbocycles. The quantitative estimate of drug-likeness (QED) is 0.716. The molecule has 0 bridgehead atoms. The predicted octanol–water partition coefficient (Wildman–Crippen LogP) is 2.85. The van der Waals surface area contributed by atoms with E-state index < -0.39 is 0 Å². The van der Waals surface area contributed by atoms with Crippen LogP contribution >= 0.6 is 0 Å². The van der Waals surface area contributed by atoms with Crippen LogP contribution in [-0.2, 0) is 6.54 Å². The van der Waals surface area contributed by atoms with Crippen LogP contribution in [0.1, 0.15) is 28.8 Å². The molecule has 1 aromatic heterocycles. The fourth-order valence-electron chi connectivity index (χ4n) is 3.92. The lowest BCUT2D eigenvalue weighted by Gasteiger charge is -2.32. The summed E-state index contributed by atoms with van der Waals surface area (Å²) < 4.78 is 0. The van der Waals surface area contributed by atoms with Crippen LogP contribution in [0.5, 0.6) is 0 Å². The first kappa shape index (κ1) is 18.4. The van der Waals surface area contributed by atoms with E-state index in [-0.39, 0.29) is 5.91 Å². The zero-order chi connectivity index (χ0) is 19.3. The third kappa shape index (κ3) is 4.28. The number of nitrogens with two attached hydrogens (primary N) is 1. The number of nitrogens with zero attached hydrogens (tertiary/aromatic N) is 3. The van der Waals surface area contributed by atoms with Crippen molar-refractivity contribution in [2.45, 2.75) is 19.4 Å². The van der Waals surface area contributed by atoms with Crippen LogP contribution in [0.3, 0.4) is 0 Å². The van der Waals surface area contributed by atoms with Gasteiger partial charge in [0.1, 0.15) is 0 Å². The number of amides is 1. The summed E-state index contributed by atoms with van der Waals surface area (Å²) in [6.45, 7) is 3.52. The van der Waals surface area contributed by atoms with Gasteiger partial charge in [0.25, 0.3) is 5.91 Å². The molecule has 1 saturated heterocycles. The summed E-state index contributed by atoms with van der Waals surface area (Å²) >= 11 is 0. The van der Waals surface area contributed by atoms with Gasteiger partial charge in [-0.2, -0.15) is 0 Å². The molecule has 6 heteroatoms. The highest BCUT2D eigenvalue weighted by molar-refractivity contribution is 6.06. The van der Waals surface area contributed by atoms with E-state index in [9.17, 15) is 4.79 Å². The minimum absolute atomic E-state index is 0.000794. The van der Waals surface area contributed by atoms with Crippen LogP contribution in [0, 0.1) is 5.92 Å². The standard InChI is InChI=1S/C22H25N5O/c23-22-25-12-17(13-26-22)15-27-10-4-5-16(14-27)11-24-21(28)20-9-3-7-18-6-1-2-8-19(18)20/h1-3,6-9,12-13,16H,4-5,10-11,14-15H2,(H,24,28)(H2,23,25,26)/t16-/m0/s1. The van der Waals surface area contributed by atoms with E-state index in [1.165, 1.54) is 0 Å². The SMILES string of the molecule is Nc1ncc(CN2CCC[C@@H](CNC(=O)c3cccc4ccccc34)C2)cn1. The Morgan fingerprint density at radius 3 is 2.79 bits per heavy atom. The fourth-order valence-corrected chi connectivity index (χ4v) is 3.92. The summed E-state index contributed by atoms with van der Waals surface area (Å²) in [4.78, 5) is 23.3. The number of fused-ring (bicyclic) bond motifs is 1. The van der Waals surface area contributed by atoms with Crippen molar-refractivity contribution in [3.8, 4) is 0 Å². The van der Waals surface area contributed by atoms with Gasteiger partial charge in [-0.3, -0.25) is 9.69 Å². The average molecular weight is 375 g/mol. The molecule has 4 rings (SSSR count). The number of carbonyl (C=O) groups is 1. The van der Waals surface area contributed by atoms with E-state index in [0.29, 0.717) is 18.4 Å². The second-order valence-corrected chi connectivity index (χ2v) is 7.43. The van der Waals surface area contributed by atoms with E-state index in [4.69, 9.17) is 5.73 Å². The number of rotatable bonds is 5. The minimum Gasteiger partial charge on any atom is -0.368 e. The molecule has 0 radical (unpaired) electrons. The Morgan fingerprint density at radius 1 is 1.14 bits per heavy atom. The van der Waals surface area contributed by atoms with Gasteiger partial charge in [-0.25, -0.2) is 9.97 Å². The number of hydrogen-bond acceptors (Lipinski definition) is 5. The average Bonchev–Trinajstić information content (AvgIpc) is 2.73. The lowest BCUT2D eigenvalue weighted by atomic mass is 9.97. The third-order valence-corrected chi connectivity index (χ3v) is 5.32. The van der Waals surface area contributed by atoms with Crippen LogP contribution in [0.2, 0.25) is 0 Å². The molecule has 0 saturated carbocycles. The van der Waals surface area contributed by atoms with Crippen molar-refractivity contribution in [3.05, 3.63) is 66.0 Å². The van der Waals surface area contributed by atoms with Crippen molar-refractivity contribution >= 4 is 22.6 Å². The zero-order valence-electron chi connectivity index (χ0n) is 15.8. The molecule has 2 heterocycles. The van der Waals surface area contributed by atoms with E-state index in [1.807, 2.05) is 42.5 Å². The number of aromatic nitrogens is 2. The highest BCUT2D eigenvalue weighted by atomic mass is 16.1. The Labute approximate surface area is 164 Å². The number of carbonyl (C=O) groups excluding carboxylic acids is 1. The topological polar surface area (TPSA) is 84.1 Å². The number of nitrogens with one attached hydrogen (secondary N) is 1. The summed E-state index contributed by atoms with van der Waals surface area (Å²) in [5, 5.41) is 5.23. The first-order valence-electron chi connectivity index (χ1n) is 9.74. The number of benzene rings is 2. The van der Waals surface area contributed by atoms with Crippen molar-refractivity contribution in [2.24, 2.45) is 5.92 Å². The van der Waals surface area contributed by atoms with Crippen molar-refractivity contribution in [1.82, 2.24) is 20.2 Å². The Kier molecular flexibility index (Phi) is 5.48. The van der Waals surface area contributed by atoms with Gasteiger partial charge in [0.05, 0.1) is 0 Å². The zero-order valence-corrected chi connectivity index (χ0v) is 15.8. The summed E-state index contributed by atoms with van der Waals surface area (Å²) in [5.74, 6) is 0.750. The molecule has 1 fully saturated rings. The Bertz CT molecular complexity index is 951. The number of likely N-dealkylation sites (tertiary alicyclic amines) is 1. The molecule has 0 aliphatic carbocycles. The fraction of sp³-hybridized carbons (Fsp3) is 0.318. The van der Waals surface area contributed by atoms with Crippen LogP contribution in [0.15, 0.2) is 54.9 Å². The molecule has 1 aliphatic heterocycles. The molecule has 28 heavy (non-hydrogen) atoms. The van der Waals surface area contributed by atoms with Crippen molar-refractivity contribution in [3.63, 3.8) is 0 Å². The van der Waals surface area contributed by atoms with Gasteiger partial charge < -0.3 is 11.1 Å². The summed E-state index contributed by atoms with van der Waals surface area (Å²) in [7, 11) is 0. The second kappa shape index (κ2) is 8.35. The smallest absolute Gasteiger partial charge is 0.251 e. The van der Waals surface area contributed by atoms with E-state index in [2.05, 4.69) is 20.2 Å². The maximum Gasteiger partial charge on any atom is 0.251 e. The van der Waals surface area contributed by atoms with Crippen molar-refractivity contribution < 1.29 is 4.79 Å². The molecule has 6 nitrogen and oxygen atoms in total. The van der Waals surface area contributed by atoms with Gasteiger partial charge in [0, 0.05) is 43.2 Å². The highest BCUT2D eigenvalue weighted by Crippen LogP contribution is 2.20. The maximum absolute atomic E-state index is 12.8. The van der Waals surface area contributed by atoms with Crippen LogP contribution in [0.4, 0.5) is 5.95 Å². The number of nitrogen functional groups attached to an aromatic ring is 1. The summed E-state index contributed by atoms with van der Waals surface area (Å²) in [5.41, 5.74) is 7.36. The molecule has 1 amide bonds. The Morgan fingerprint density at radius 2 is 1.93 bits per heavy atom. The monoisotopic (exact) mass is 375 g/mol. The van der Waals surface area contributed by atoms with Gasteiger partial charge in [-0.05, 0) is 42.1 Å². The van der Waals surface area contributed by atoms with Gasteiger partial charge in [0.2, 0.25) is 5.95 Å². The largest absolute Gasteiger partial charge is 0.368 e. The number of anilines is 1. The van der Waals surface area contributed by atoms with Crippen LogP contribution < -0.4 is 11.1 Å². The van der Waals surface area contributed by atoms with E-state index >= 15 is 0 Å². The summed E-state index contributed by atoms with van der Waals surface area (Å²) in [6.07, 6.45) is 5.83. The normalized spacial score (nSPS) is 17.5. The second-order valence-electron chi connectivity index (χ2n) is 7.43. The van der Waals surface area contributed by atoms with Gasteiger partial charge in [-0.15, -0.1) is 0 Å². The van der Waals surface area contributed by atoms with E-state index in [0.717, 1.165) is 54.4 Å². The molecule has 144 valence electrons. The van der Waals surface area contributed by atoms with Crippen molar-refractivity contribution in [1.29, 1.82) is 0 Å². The first-order valence-corrected chi connectivity index (χ1v) is 9.74. The molecular weight excluding hydrogens is 350 g/mol. The lowest BCUT2D eigenvalue weighted by Crippen LogP contribution is -2.40. The number of piperidine rings is 1. The lowest BCUT2D eigenvalue weighted by molar-refractivity contribution is 0.0932. The van der Waals surface area contributed by atoms with E-state index in [1.54, 1.807) is 12.4 Å². The van der Waals surface area contributed by atoms with Gasteiger partial charge in [-0.1, -0.05) is 36.4 Å². The van der Waals surface area contributed by atoms with Crippen LogP contribution in [-0.4, -0.2) is 40.4 Å². The molecule has 3 aromatic rings. The Balaban J connectivity index is 1.35. The maximum atomic E-state index is 12.8. The minimum atomic E-state index is 0.000794. The molecule has 1 atom stereocenters. The van der Waals surface area contributed by atoms with Crippen LogP contribution in [0.25, 0.3) is 10.8 Å². The highest BCUT2D eigenvalue weighted by Gasteiger charge is 2.21. The number of hydrogen-bond donors (Lipinski definition) is 2.